The molecule has 5 nitrogen and oxygen atoms in total. The Hall–Kier alpha value is -1.38. The normalized spacial score (nSPS) is 52.4. The second-order valence-corrected chi connectivity index (χ2v) is 11.6. The van der Waals surface area contributed by atoms with Crippen LogP contribution in [0.1, 0.15) is 72.1 Å². The van der Waals surface area contributed by atoms with Crippen LogP contribution in [-0.4, -0.2) is 40.3 Å². The summed E-state index contributed by atoms with van der Waals surface area (Å²) in [6.45, 7) is 6.47. The van der Waals surface area contributed by atoms with Gasteiger partial charge in [0.2, 0.25) is 0 Å². The van der Waals surface area contributed by atoms with Crippen LogP contribution >= 0.6 is 0 Å². The standard InChI is InChI=1S/C26H36O5/c1-4-31-21(28)8-5-15-13-25(3)19-10-11-24(2)22(16-6-7-17(16)23(24)29)18(19)9-12-26(25,30)14-20(15)27/h15-19,22-23,29-30H,4,6-7,9-14H2,1-3H3/t15?,16-,17+,18-,19+,22+,23-,24+,25-,26+/m1/s1. The lowest BCUT2D eigenvalue weighted by Gasteiger charge is -2.64. The average molecular weight is 429 g/mol. The highest BCUT2D eigenvalue weighted by Crippen LogP contribution is 2.72. The van der Waals surface area contributed by atoms with Crippen LogP contribution in [0.15, 0.2) is 0 Å². The zero-order valence-electron chi connectivity index (χ0n) is 19.0. The minimum Gasteiger partial charge on any atom is -0.456 e. The molecule has 0 aliphatic heterocycles. The second-order valence-electron chi connectivity index (χ2n) is 11.6. The Labute approximate surface area is 185 Å². The van der Waals surface area contributed by atoms with E-state index in [0.29, 0.717) is 42.4 Å². The molecular formula is C26H36O5. The Balaban J connectivity index is 1.45. The van der Waals surface area contributed by atoms with Crippen molar-refractivity contribution in [2.24, 2.45) is 46.3 Å². The van der Waals surface area contributed by atoms with Crippen molar-refractivity contribution in [1.29, 1.82) is 0 Å². The van der Waals surface area contributed by atoms with Crippen molar-refractivity contribution in [2.75, 3.05) is 6.61 Å². The van der Waals surface area contributed by atoms with Gasteiger partial charge in [0, 0.05) is 17.8 Å². The lowest BCUT2D eigenvalue weighted by atomic mass is 9.42. The topological polar surface area (TPSA) is 83.8 Å². The molecule has 0 amide bonds. The summed E-state index contributed by atoms with van der Waals surface area (Å²) in [6.07, 6.45) is 6.39. The van der Waals surface area contributed by atoms with Crippen LogP contribution in [0.3, 0.4) is 0 Å². The first-order valence-corrected chi connectivity index (χ1v) is 12.3. The lowest BCUT2D eigenvalue weighted by molar-refractivity contribution is -0.212. The highest BCUT2D eigenvalue weighted by atomic mass is 16.5. The molecule has 1 unspecified atom stereocenters. The molecule has 0 bridgehead atoms. The SMILES string of the molecule is CCOC(=O)C#CC1C[C@]2(C)[C@H]3CC[C@@]4(C)[C@@H]([C@@H]5CC[C@@H]5[C@H]4O)[C@@H]3CC[C@]2(O)CC1=O. The van der Waals surface area contributed by atoms with Crippen molar-refractivity contribution >= 4 is 11.8 Å². The molecule has 0 aromatic carbocycles. The Kier molecular flexibility index (Phi) is 4.89. The third-order valence-electron chi connectivity index (χ3n) is 10.5. The van der Waals surface area contributed by atoms with Gasteiger partial charge in [0.15, 0.2) is 5.78 Å². The van der Waals surface area contributed by atoms with Gasteiger partial charge in [-0.1, -0.05) is 19.8 Å². The molecule has 5 rings (SSSR count). The Bertz CT molecular complexity index is 856. The predicted octanol–water partition coefficient (Wildman–Crippen LogP) is 3.11. The van der Waals surface area contributed by atoms with Gasteiger partial charge < -0.3 is 14.9 Å². The van der Waals surface area contributed by atoms with E-state index < -0.39 is 22.9 Å². The van der Waals surface area contributed by atoms with E-state index in [1.165, 1.54) is 6.42 Å². The van der Waals surface area contributed by atoms with Crippen LogP contribution in [0.25, 0.3) is 0 Å². The molecule has 5 fully saturated rings. The fourth-order valence-electron chi connectivity index (χ4n) is 8.85. The number of hydrogen-bond donors (Lipinski definition) is 2. The van der Waals surface area contributed by atoms with Crippen LogP contribution in [0.4, 0.5) is 0 Å². The van der Waals surface area contributed by atoms with Crippen LogP contribution in [0.5, 0.6) is 0 Å². The van der Waals surface area contributed by atoms with Crippen LogP contribution in [0.2, 0.25) is 0 Å². The number of carbonyl (C=O) groups is 2. The summed E-state index contributed by atoms with van der Waals surface area (Å²) >= 11 is 0. The number of ketones is 1. The number of aliphatic hydroxyl groups is 2. The summed E-state index contributed by atoms with van der Waals surface area (Å²) in [5.74, 6) is 6.64. The summed E-state index contributed by atoms with van der Waals surface area (Å²) in [5, 5.41) is 22.8. The molecular weight excluding hydrogens is 392 g/mol. The van der Waals surface area contributed by atoms with E-state index in [1.807, 2.05) is 0 Å². The number of ether oxygens (including phenoxy) is 1. The molecule has 0 saturated heterocycles. The number of carbonyl (C=O) groups excluding carboxylic acids is 2. The molecule has 5 aliphatic rings. The van der Waals surface area contributed by atoms with Crippen LogP contribution in [0, 0.1) is 58.2 Å². The summed E-state index contributed by atoms with van der Waals surface area (Å²) < 4.78 is 4.91. The van der Waals surface area contributed by atoms with E-state index in [4.69, 9.17) is 4.74 Å². The Morgan fingerprint density at radius 3 is 2.55 bits per heavy atom. The zero-order valence-corrected chi connectivity index (χ0v) is 19.0. The molecule has 31 heavy (non-hydrogen) atoms. The average Bonchev–Trinajstić information content (AvgIpc) is 2.83. The van der Waals surface area contributed by atoms with Gasteiger partial charge in [-0.05, 0) is 86.9 Å². The van der Waals surface area contributed by atoms with Gasteiger partial charge in [0.25, 0.3) is 0 Å². The molecule has 2 N–H and O–H groups in total. The van der Waals surface area contributed by atoms with Gasteiger partial charge in [0.05, 0.1) is 24.2 Å². The largest absolute Gasteiger partial charge is 0.456 e. The summed E-state index contributed by atoms with van der Waals surface area (Å²) in [5.41, 5.74) is -1.39. The third-order valence-corrected chi connectivity index (χ3v) is 10.5. The zero-order chi connectivity index (χ0) is 22.2. The van der Waals surface area contributed by atoms with Gasteiger partial charge in [0.1, 0.15) is 0 Å². The quantitative estimate of drug-likeness (QED) is 0.381. The molecule has 0 aromatic heterocycles. The minimum absolute atomic E-state index is 0.00752. The second kappa shape index (κ2) is 7.06. The minimum atomic E-state index is -0.989. The molecule has 0 radical (unpaired) electrons. The van der Waals surface area contributed by atoms with E-state index in [9.17, 15) is 19.8 Å². The molecule has 170 valence electrons. The van der Waals surface area contributed by atoms with Crippen molar-refractivity contribution in [3.05, 3.63) is 0 Å². The maximum Gasteiger partial charge on any atom is 0.384 e. The van der Waals surface area contributed by atoms with Gasteiger partial charge in [-0.25, -0.2) is 4.79 Å². The third kappa shape index (κ3) is 2.83. The highest BCUT2D eigenvalue weighted by molar-refractivity contribution is 5.91. The summed E-state index contributed by atoms with van der Waals surface area (Å²) in [7, 11) is 0. The van der Waals surface area contributed by atoms with Crippen LogP contribution < -0.4 is 0 Å². The maximum absolute atomic E-state index is 12.9. The van der Waals surface area contributed by atoms with Crippen molar-refractivity contribution in [3.63, 3.8) is 0 Å². The Morgan fingerprint density at radius 2 is 1.87 bits per heavy atom. The first-order valence-electron chi connectivity index (χ1n) is 12.3. The molecule has 0 spiro atoms. The van der Waals surface area contributed by atoms with E-state index in [1.54, 1.807) is 6.92 Å². The number of hydrogen-bond acceptors (Lipinski definition) is 5. The summed E-state index contributed by atoms with van der Waals surface area (Å²) in [4.78, 5) is 24.6. The summed E-state index contributed by atoms with van der Waals surface area (Å²) in [6, 6.07) is 0. The number of fused-ring (bicyclic) bond motifs is 7. The lowest BCUT2D eigenvalue weighted by Crippen LogP contribution is -2.64. The molecule has 10 atom stereocenters. The number of Topliss-reactive ketones (excluding diaryl/α,β-unsaturated/α-hetero) is 1. The van der Waals surface area contributed by atoms with Crippen molar-refractivity contribution in [2.45, 2.75) is 83.8 Å². The predicted molar refractivity (Wildman–Crippen MR) is 114 cm³/mol. The number of rotatable bonds is 1. The maximum atomic E-state index is 12.9. The first-order chi connectivity index (χ1) is 14.6. The van der Waals surface area contributed by atoms with Gasteiger partial charge in [-0.15, -0.1) is 0 Å². The monoisotopic (exact) mass is 428 g/mol. The van der Waals surface area contributed by atoms with Gasteiger partial charge in [-0.3, -0.25) is 4.79 Å². The van der Waals surface area contributed by atoms with Gasteiger partial charge in [-0.2, -0.15) is 0 Å². The fourth-order valence-corrected chi connectivity index (χ4v) is 8.85. The highest BCUT2D eigenvalue weighted by Gasteiger charge is 2.69. The Morgan fingerprint density at radius 1 is 1.13 bits per heavy atom. The van der Waals surface area contributed by atoms with Crippen molar-refractivity contribution in [1.82, 2.24) is 0 Å². The van der Waals surface area contributed by atoms with Crippen molar-refractivity contribution < 1.29 is 24.5 Å². The van der Waals surface area contributed by atoms with Gasteiger partial charge >= 0.3 is 5.97 Å². The molecule has 5 saturated carbocycles. The molecule has 0 heterocycles. The number of aliphatic hydroxyl groups excluding tert-OH is 1. The molecule has 5 heteroatoms. The van der Waals surface area contributed by atoms with E-state index >= 15 is 0 Å². The van der Waals surface area contributed by atoms with E-state index in [-0.39, 0.29) is 30.3 Å². The molecule has 0 aromatic rings. The van der Waals surface area contributed by atoms with E-state index in [0.717, 1.165) is 25.7 Å². The van der Waals surface area contributed by atoms with E-state index in [2.05, 4.69) is 25.7 Å². The first kappa shape index (κ1) is 21.5. The fraction of sp³-hybridized carbons (Fsp3) is 0.846. The van der Waals surface area contributed by atoms with Crippen molar-refractivity contribution in [3.8, 4) is 11.8 Å². The molecule has 5 aliphatic carbocycles. The smallest absolute Gasteiger partial charge is 0.384 e. The van der Waals surface area contributed by atoms with Crippen LogP contribution in [-0.2, 0) is 14.3 Å². The number of esters is 1.